The number of benzene rings is 1. The van der Waals surface area contributed by atoms with E-state index in [1.165, 1.54) is 29.2 Å². The number of nitrogens with zero attached hydrogens (tertiary/aromatic N) is 3. The molecular formula is C18H15F4N3O2S. The van der Waals surface area contributed by atoms with Gasteiger partial charge in [-0.1, -0.05) is 12.1 Å². The third-order valence-corrected chi connectivity index (χ3v) is 4.90. The Morgan fingerprint density at radius 3 is 2.79 bits per heavy atom. The minimum Gasteiger partial charge on any atom is -0.462 e. The van der Waals surface area contributed by atoms with Gasteiger partial charge in [0.25, 0.3) is 0 Å². The van der Waals surface area contributed by atoms with E-state index in [1.54, 1.807) is 6.92 Å². The van der Waals surface area contributed by atoms with Crippen LogP contribution < -0.4 is 0 Å². The second-order valence-corrected chi connectivity index (χ2v) is 6.83. The Bertz CT molecular complexity index is 981. The van der Waals surface area contributed by atoms with Gasteiger partial charge in [-0.2, -0.15) is 18.3 Å². The topological polar surface area (TPSA) is 57.0 Å². The lowest BCUT2D eigenvalue weighted by molar-refractivity contribution is -0.137. The Morgan fingerprint density at radius 1 is 1.32 bits per heavy atom. The van der Waals surface area contributed by atoms with Crippen LogP contribution in [0.3, 0.4) is 0 Å². The van der Waals surface area contributed by atoms with Crippen LogP contribution >= 0.6 is 11.3 Å². The largest absolute Gasteiger partial charge is 0.462 e. The standard InChI is InChI=1S/C18H15F4N3O2S/c1-2-27-17(26)12-8-23-25(9-12)10-14-15(7-19)28-16(24-14)11-4-3-5-13(6-11)18(20,21)22/h3-6,8-9H,2,7,10H2,1H3. The molecule has 148 valence electrons. The summed E-state index contributed by atoms with van der Waals surface area (Å²) in [6.07, 6.45) is -1.70. The molecule has 0 saturated carbocycles. The number of halogens is 4. The number of alkyl halides is 4. The summed E-state index contributed by atoms with van der Waals surface area (Å²) in [5.74, 6) is -0.526. The lowest BCUT2D eigenvalue weighted by atomic mass is 10.1. The van der Waals surface area contributed by atoms with Gasteiger partial charge in [0, 0.05) is 11.8 Å². The predicted octanol–water partition coefficient (Wildman–Crippen LogP) is 4.72. The van der Waals surface area contributed by atoms with Gasteiger partial charge in [0.1, 0.15) is 11.7 Å². The molecule has 2 heterocycles. The quantitative estimate of drug-likeness (QED) is 0.434. The molecule has 0 radical (unpaired) electrons. The zero-order valence-corrected chi connectivity index (χ0v) is 15.5. The number of hydrogen-bond acceptors (Lipinski definition) is 5. The molecule has 2 aromatic heterocycles. The summed E-state index contributed by atoms with van der Waals surface area (Å²) in [4.78, 5) is 16.3. The Labute approximate surface area is 161 Å². The van der Waals surface area contributed by atoms with Gasteiger partial charge in [-0.05, 0) is 19.1 Å². The maximum absolute atomic E-state index is 13.4. The predicted molar refractivity (Wildman–Crippen MR) is 94.6 cm³/mol. The summed E-state index contributed by atoms with van der Waals surface area (Å²) in [5, 5.41) is 4.31. The number of rotatable bonds is 6. The van der Waals surface area contributed by atoms with Gasteiger partial charge in [-0.3, -0.25) is 4.68 Å². The first-order chi connectivity index (χ1) is 13.3. The van der Waals surface area contributed by atoms with Crippen molar-refractivity contribution in [1.29, 1.82) is 0 Å². The van der Waals surface area contributed by atoms with Crippen LogP contribution in [0.25, 0.3) is 10.6 Å². The van der Waals surface area contributed by atoms with E-state index in [0.717, 1.165) is 23.5 Å². The van der Waals surface area contributed by atoms with Crippen LogP contribution in [0.15, 0.2) is 36.7 Å². The van der Waals surface area contributed by atoms with Crippen LogP contribution in [0.5, 0.6) is 0 Å². The van der Waals surface area contributed by atoms with E-state index in [2.05, 4.69) is 10.1 Å². The summed E-state index contributed by atoms with van der Waals surface area (Å²) in [6, 6.07) is 4.73. The van der Waals surface area contributed by atoms with Crippen LogP contribution in [-0.2, 0) is 24.1 Å². The van der Waals surface area contributed by atoms with Crippen LogP contribution in [0.1, 0.15) is 33.4 Å². The minimum absolute atomic E-state index is 0.0775. The maximum atomic E-state index is 13.4. The summed E-state index contributed by atoms with van der Waals surface area (Å²) < 4.78 is 58.4. The average molecular weight is 413 g/mol. The first kappa shape index (κ1) is 20.0. The van der Waals surface area contributed by atoms with E-state index in [1.807, 2.05) is 0 Å². The summed E-state index contributed by atoms with van der Waals surface area (Å²) in [7, 11) is 0. The molecule has 28 heavy (non-hydrogen) atoms. The molecule has 0 aliphatic carbocycles. The van der Waals surface area contributed by atoms with Crippen molar-refractivity contribution in [3.8, 4) is 10.6 Å². The van der Waals surface area contributed by atoms with Crippen molar-refractivity contribution in [3.63, 3.8) is 0 Å². The molecule has 0 fully saturated rings. The molecular weight excluding hydrogens is 398 g/mol. The average Bonchev–Trinajstić information content (AvgIpc) is 3.29. The molecule has 0 aliphatic heterocycles. The summed E-state index contributed by atoms with van der Waals surface area (Å²) in [5.41, 5.74) is 0.0542. The molecule has 0 amide bonds. The van der Waals surface area contributed by atoms with Crippen LogP contribution in [-0.4, -0.2) is 27.3 Å². The molecule has 0 bridgehead atoms. The van der Waals surface area contributed by atoms with Gasteiger partial charge in [-0.15, -0.1) is 11.3 Å². The molecule has 0 atom stereocenters. The Balaban J connectivity index is 1.87. The number of carbonyl (C=O) groups is 1. The third-order valence-electron chi connectivity index (χ3n) is 3.79. The van der Waals surface area contributed by atoms with Gasteiger partial charge in [-0.25, -0.2) is 14.2 Å². The zero-order chi connectivity index (χ0) is 20.3. The third kappa shape index (κ3) is 4.38. The number of esters is 1. The molecule has 0 aliphatic rings. The highest BCUT2D eigenvalue weighted by Gasteiger charge is 2.30. The molecule has 3 aromatic rings. The smallest absolute Gasteiger partial charge is 0.416 e. The Morgan fingerprint density at radius 2 is 2.11 bits per heavy atom. The first-order valence-electron chi connectivity index (χ1n) is 8.23. The maximum Gasteiger partial charge on any atom is 0.416 e. The van der Waals surface area contributed by atoms with Crippen LogP contribution in [0.2, 0.25) is 0 Å². The van der Waals surface area contributed by atoms with Crippen molar-refractivity contribution < 1.29 is 27.1 Å². The van der Waals surface area contributed by atoms with Crippen LogP contribution in [0, 0.1) is 0 Å². The first-order valence-corrected chi connectivity index (χ1v) is 9.05. The van der Waals surface area contributed by atoms with E-state index >= 15 is 0 Å². The van der Waals surface area contributed by atoms with E-state index < -0.39 is 24.4 Å². The molecule has 5 nitrogen and oxygen atoms in total. The Hall–Kier alpha value is -2.75. The van der Waals surface area contributed by atoms with Crippen molar-refractivity contribution in [2.75, 3.05) is 6.61 Å². The van der Waals surface area contributed by atoms with Crippen LogP contribution in [0.4, 0.5) is 17.6 Å². The summed E-state index contributed by atoms with van der Waals surface area (Å²) >= 11 is 0.986. The second-order valence-electron chi connectivity index (χ2n) is 5.75. The van der Waals surface area contributed by atoms with Crippen molar-refractivity contribution in [1.82, 2.24) is 14.8 Å². The van der Waals surface area contributed by atoms with Gasteiger partial charge in [0.2, 0.25) is 0 Å². The Kier molecular flexibility index (Phi) is 5.78. The number of hydrogen-bond donors (Lipinski definition) is 0. The second kappa shape index (κ2) is 8.09. The highest BCUT2D eigenvalue weighted by atomic mass is 32.1. The fourth-order valence-electron chi connectivity index (χ4n) is 2.49. The van der Waals surface area contributed by atoms with E-state index in [4.69, 9.17) is 4.74 Å². The van der Waals surface area contributed by atoms with E-state index in [9.17, 15) is 22.4 Å². The zero-order valence-electron chi connectivity index (χ0n) is 14.7. The summed E-state index contributed by atoms with van der Waals surface area (Å²) in [6.45, 7) is 1.18. The van der Waals surface area contributed by atoms with E-state index in [-0.39, 0.29) is 29.3 Å². The van der Waals surface area contributed by atoms with Gasteiger partial charge >= 0.3 is 12.1 Å². The molecule has 3 rings (SSSR count). The van der Waals surface area contributed by atoms with Crippen molar-refractivity contribution >= 4 is 17.3 Å². The van der Waals surface area contributed by atoms with E-state index in [0.29, 0.717) is 10.6 Å². The minimum atomic E-state index is -4.47. The highest BCUT2D eigenvalue weighted by molar-refractivity contribution is 7.15. The molecule has 0 unspecified atom stereocenters. The number of thiazole rings is 1. The van der Waals surface area contributed by atoms with Gasteiger partial charge < -0.3 is 4.74 Å². The number of ether oxygens (including phenoxy) is 1. The number of carbonyl (C=O) groups excluding carboxylic acids is 1. The molecule has 1 aromatic carbocycles. The van der Waals surface area contributed by atoms with Crippen molar-refractivity contribution in [3.05, 3.63) is 58.4 Å². The van der Waals surface area contributed by atoms with Gasteiger partial charge in [0.05, 0.1) is 41.0 Å². The lowest BCUT2D eigenvalue weighted by Gasteiger charge is -2.07. The van der Waals surface area contributed by atoms with Gasteiger partial charge in [0.15, 0.2) is 0 Å². The lowest BCUT2D eigenvalue weighted by Crippen LogP contribution is -2.05. The molecule has 0 N–H and O–H groups in total. The number of aromatic nitrogens is 3. The SMILES string of the molecule is CCOC(=O)c1cnn(Cc2nc(-c3cccc(C(F)(F)F)c3)sc2CF)c1. The fraction of sp³-hybridized carbons (Fsp3) is 0.278. The molecule has 0 spiro atoms. The highest BCUT2D eigenvalue weighted by Crippen LogP contribution is 2.34. The normalized spacial score (nSPS) is 11.6. The van der Waals surface area contributed by atoms with Crippen molar-refractivity contribution in [2.45, 2.75) is 26.3 Å². The molecule has 0 saturated heterocycles. The molecule has 10 heteroatoms. The fourth-order valence-corrected chi connectivity index (χ4v) is 3.40. The van der Waals surface area contributed by atoms with Crippen molar-refractivity contribution in [2.24, 2.45) is 0 Å². The monoisotopic (exact) mass is 413 g/mol.